The van der Waals surface area contributed by atoms with Crippen LogP contribution in [-0.4, -0.2) is 5.11 Å². The van der Waals surface area contributed by atoms with E-state index in [9.17, 15) is 5.11 Å². The monoisotopic (exact) mass is 422 g/mol. The average molecular weight is 425 g/mol. The van der Waals surface area contributed by atoms with E-state index < -0.39 is 0 Å². The van der Waals surface area contributed by atoms with Gasteiger partial charge in [0.2, 0.25) is 0 Å². The van der Waals surface area contributed by atoms with Crippen LogP contribution in [0.5, 0.6) is 5.75 Å². The molecule has 3 nitrogen and oxygen atoms in total. The SMILES string of the molecule is Oc1c(Cl)cc(Br)cc1N=Nc1ccc(Br)c(Cl)c1. The van der Waals surface area contributed by atoms with Crippen LogP contribution in [0, 0.1) is 0 Å². The van der Waals surface area contributed by atoms with Gasteiger partial charge in [-0.1, -0.05) is 39.1 Å². The Bertz CT molecular complexity index is 662. The zero-order valence-corrected chi connectivity index (χ0v) is 13.9. The lowest BCUT2D eigenvalue weighted by Gasteiger charge is -2.01. The van der Waals surface area contributed by atoms with Crippen molar-refractivity contribution in [1.82, 2.24) is 0 Å². The molecule has 0 heterocycles. The van der Waals surface area contributed by atoms with Crippen LogP contribution in [0.15, 0.2) is 49.5 Å². The number of phenolic OH excluding ortho intramolecular Hbond substituents is 1. The molecule has 0 amide bonds. The number of hydrogen-bond acceptors (Lipinski definition) is 3. The normalized spacial score (nSPS) is 11.2. The zero-order valence-electron chi connectivity index (χ0n) is 9.24. The van der Waals surface area contributed by atoms with Gasteiger partial charge in [-0.3, -0.25) is 0 Å². The van der Waals surface area contributed by atoms with Gasteiger partial charge in [0.25, 0.3) is 0 Å². The van der Waals surface area contributed by atoms with Crippen molar-refractivity contribution in [1.29, 1.82) is 0 Å². The zero-order chi connectivity index (χ0) is 14.0. The Balaban J connectivity index is 2.35. The van der Waals surface area contributed by atoms with E-state index in [1.54, 1.807) is 30.3 Å². The molecular formula is C12H6Br2Cl2N2O. The third-order valence-corrected chi connectivity index (χ3v) is 4.16. The van der Waals surface area contributed by atoms with Gasteiger partial charge in [0.15, 0.2) is 5.75 Å². The summed E-state index contributed by atoms with van der Waals surface area (Å²) in [6, 6.07) is 8.36. The van der Waals surface area contributed by atoms with Gasteiger partial charge in [-0.25, -0.2) is 0 Å². The van der Waals surface area contributed by atoms with Gasteiger partial charge in [-0.2, -0.15) is 5.11 Å². The fraction of sp³-hybridized carbons (Fsp3) is 0. The van der Waals surface area contributed by atoms with Crippen LogP contribution >= 0.6 is 55.1 Å². The average Bonchev–Trinajstić information content (AvgIpc) is 2.36. The van der Waals surface area contributed by atoms with Crippen molar-refractivity contribution < 1.29 is 5.11 Å². The number of aromatic hydroxyl groups is 1. The first-order chi connectivity index (χ1) is 8.97. The summed E-state index contributed by atoms with van der Waals surface area (Å²) >= 11 is 18.3. The first-order valence-electron chi connectivity index (χ1n) is 5.02. The van der Waals surface area contributed by atoms with Gasteiger partial charge in [-0.05, 0) is 46.3 Å². The molecule has 0 spiro atoms. The topological polar surface area (TPSA) is 45.0 Å². The van der Waals surface area contributed by atoms with E-state index >= 15 is 0 Å². The van der Waals surface area contributed by atoms with Gasteiger partial charge in [0.1, 0.15) is 5.69 Å². The second kappa shape index (κ2) is 6.22. The van der Waals surface area contributed by atoms with Crippen LogP contribution in [-0.2, 0) is 0 Å². The second-order valence-electron chi connectivity index (χ2n) is 3.55. The highest BCUT2D eigenvalue weighted by atomic mass is 79.9. The van der Waals surface area contributed by atoms with Gasteiger partial charge >= 0.3 is 0 Å². The molecule has 0 aliphatic rings. The number of phenols is 1. The number of halogens is 4. The number of nitrogens with zero attached hydrogens (tertiary/aromatic N) is 2. The molecule has 0 radical (unpaired) electrons. The molecule has 19 heavy (non-hydrogen) atoms. The highest BCUT2D eigenvalue weighted by Crippen LogP contribution is 2.38. The summed E-state index contributed by atoms with van der Waals surface area (Å²) in [4.78, 5) is 0. The molecule has 0 saturated heterocycles. The van der Waals surface area contributed by atoms with Crippen molar-refractivity contribution in [2.45, 2.75) is 0 Å². The van der Waals surface area contributed by atoms with E-state index in [1.807, 2.05) is 0 Å². The highest BCUT2D eigenvalue weighted by molar-refractivity contribution is 9.10. The second-order valence-corrected chi connectivity index (χ2v) is 6.14. The Hall–Kier alpha value is -0.620. The van der Waals surface area contributed by atoms with Crippen LogP contribution < -0.4 is 0 Å². The maximum Gasteiger partial charge on any atom is 0.161 e. The number of azo groups is 1. The molecule has 1 N–H and O–H groups in total. The standard InChI is InChI=1S/C12H6Br2Cl2N2O/c13-6-3-10(16)12(19)11(4-6)18-17-7-1-2-8(14)9(15)5-7/h1-5,19H. The first kappa shape index (κ1) is 14.8. The minimum absolute atomic E-state index is 0.114. The van der Waals surface area contributed by atoms with E-state index in [4.69, 9.17) is 23.2 Å². The maximum absolute atomic E-state index is 9.76. The fourth-order valence-corrected chi connectivity index (χ4v) is 2.50. The van der Waals surface area contributed by atoms with Crippen molar-refractivity contribution in [2.75, 3.05) is 0 Å². The van der Waals surface area contributed by atoms with E-state index in [2.05, 4.69) is 42.1 Å². The molecule has 0 fully saturated rings. The molecule has 2 rings (SSSR count). The smallest absolute Gasteiger partial charge is 0.161 e. The Morgan fingerprint density at radius 2 is 1.68 bits per heavy atom. The summed E-state index contributed by atoms with van der Waals surface area (Å²) in [6.45, 7) is 0. The van der Waals surface area contributed by atoms with E-state index in [0.717, 1.165) is 4.47 Å². The lowest BCUT2D eigenvalue weighted by Crippen LogP contribution is -1.73. The van der Waals surface area contributed by atoms with Crippen LogP contribution in [0.2, 0.25) is 10.0 Å². The molecule has 0 unspecified atom stereocenters. The predicted molar refractivity (Wildman–Crippen MR) is 84.1 cm³/mol. The number of rotatable bonds is 2. The minimum atomic E-state index is -0.114. The Labute approximate surface area is 136 Å². The van der Waals surface area contributed by atoms with Gasteiger partial charge in [-0.15, -0.1) is 5.11 Å². The van der Waals surface area contributed by atoms with Crippen LogP contribution in [0.1, 0.15) is 0 Å². The lowest BCUT2D eigenvalue weighted by atomic mass is 10.3. The summed E-state index contributed by atoms with van der Waals surface area (Å²) < 4.78 is 1.49. The van der Waals surface area contributed by atoms with Crippen molar-refractivity contribution >= 4 is 66.4 Å². The highest BCUT2D eigenvalue weighted by Gasteiger charge is 2.07. The summed E-state index contributed by atoms with van der Waals surface area (Å²) in [5.41, 5.74) is 0.849. The molecular weight excluding hydrogens is 419 g/mol. The summed E-state index contributed by atoms with van der Waals surface area (Å²) in [7, 11) is 0. The van der Waals surface area contributed by atoms with E-state index in [-0.39, 0.29) is 16.5 Å². The van der Waals surface area contributed by atoms with Gasteiger partial charge < -0.3 is 5.11 Å². The third-order valence-electron chi connectivity index (χ3n) is 2.18. The molecule has 0 aliphatic carbocycles. The minimum Gasteiger partial charge on any atom is -0.504 e. The Morgan fingerprint density at radius 3 is 2.37 bits per heavy atom. The quantitative estimate of drug-likeness (QED) is 0.539. The molecule has 2 aromatic rings. The Kier molecular flexibility index (Phi) is 4.84. The van der Waals surface area contributed by atoms with Crippen LogP contribution in [0.3, 0.4) is 0 Å². The maximum atomic E-state index is 9.76. The number of benzene rings is 2. The largest absolute Gasteiger partial charge is 0.504 e. The first-order valence-corrected chi connectivity index (χ1v) is 7.36. The summed E-state index contributed by atoms with van der Waals surface area (Å²) in [6.07, 6.45) is 0. The molecule has 2 aromatic carbocycles. The summed E-state index contributed by atoms with van der Waals surface area (Å²) in [5, 5.41) is 18.5. The molecule has 0 atom stereocenters. The van der Waals surface area contributed by atoms with Crippen molar-refractivity contribution in [3.63, 3.8) is 0 Å². The molecule has 98 valence electrons. The van der Waals surface area contributed by atoms with Crippen molar-refractivity contribution in [2.24, 2.45) is 10.2 Å². The van der Waals surface area contributed by atoms with E-state index in [0.29, 0.717) is 15.2 Å². The molecule has 0 saturated carbocycles. The van der Waals surface area contributed by atoms with Gasteiger partial charge in [0.05, 0.1) is 15.7 Å². The van der Waals surface area contributed by atoms with Crippen molar-refractivity contribution in [3.8, 4) is 5.75 Å². The van der Waals surface area contributed by atoms with Crippen molar-refractivity contribution in [3.05, 3.63) is 49.3 Å². The van der Waals surface area contributed by atoms with Crippen LogP contribution in [0.25, 0.3) is 0 Å². The summed E-state index contributed by atoms with van der Waals surface area (Å²) in [5.74, 6) is -0.114. The van der Waals surface area contributed by atoms with E-state index in [1.165, 1.54) is 0 Å². The van der Waals surface area contributed by atoms with Gasteiger partial charge in [0, 0.05) is 8.95 Å². The molecule has 7 heteroatoms. The van der Waals surface area contributed by atoms with Crippen LogP contribution in [0.4, 0.5) is 11.4 Å². The molecule has 0 aliphatic heterocycles. The third kappa shape index (κ3) is 3.69. The molecule has 0 bridgehead atoms. The predicted octanol–water partition coefficient (Wildman–Crippen LogP) is 6.64. The molecule has 0 aromatic heterocycles. The number of hydrogen-bond donors (Lipinski definition) is 1. The lowest BCUT2D eigenvalue weighted by molar-refractivity contribution is 0.476. The Morgan fingerprint density at radius 1 is 0.947 bits per heavy atom. The fourth-order valence-electron chi connectivity index (χ4n) is 1.29.